The minimum Gasteiger partial charge on any atom is -0.482 e. The van der Waals surface area contributed by atoms with Gasteiger partial charge in [-0.1, -0.05) is 6.92 Å². The van der Waals surface area contributed by atoms with Crippen LogP contribution >= 0.6 is 0 Å². The fraction of sp³-hybridized carbons (Fsp3) is 0.538. The molecule has 2 N–H and O–H groups in total. The fourth-order valence-electron chi connectivity index (χ4n) is 1.49. The number of aromatic nitrogens is 1. The first-order chi connectivity index (χ1) is 9.94. The lowest BCUT2D eigenvalue weighted by Crippen LogP contribution is -2.33. The molecule has 8 heteroatoms. The predicted molar refractivity (Wildman–Crippen MR) is 71.3 cm³/mol. The van der Waals surface area contributed by atoms with E-state index < -0.39 is 18.7 Å². The van der Waals surface area contributed by atoms with Gasteiger partial charge in [-0.25, -0.2) is 4.98 Å². The second-order valence-electron chi connectivity index (χ2n) is 4.26. The molecule has 0 radical (unpaired) electrons. The molecule has 1 amide bonds. The van der Waals surface area contributed by atoms with Gasteiger partial charge in [-0.2, -0.15) is 13.2 Å². The van der Waals surface area contributed by atoms with E-state index in [2.05, 4.69) is 20.4 Å². The summed E-state index contributed by atoms with van der Waals surface area (Å²) >= 11 is 0. The van der Waals surface area contributed by atoms with Crippen LogP contribution in [0, 0.1) is 0 Å². The molecule has 0 bridgehead atoms. The summed E-state index contributed by atoms with van der Waals surface area (Å²) in [4.78, 5) is 15.6. The standard InChI is InChI=1S/C13H18F3N3O2/c1-2-5-17-7-8-19-12(20)11-10(4-3-6-18-11)21-9-13(14,15)16/h3-4,6,17H,2,5,7-9H2,1H3,(H,19,20). The SMILES string of the molecule is CCCNCCNC(=O)c1ncccc1OCC(F)(F)F. The summed E-state index contributed by atoms with van der Waals surface area (Å²) in [5.41, 5.74) is -0.155. The highest BCUT2D eigenvalue weighted by Gasteiger charge is 2.29. The molecular formula is C13H18F3N3O2. The average Bonchev–Trinajstić information content (AvgIpc) is 2.44. The van der Waals surface area contributed by atoms with Crippen LogP contribution in [0.1, 0.15) is 23.8 Å². The van der Waals surface area contributed by atoms with Crippen LogP contribution in [0.3, 0.4) is 0 Å². The van der Waals surface area contributed by atoms with Crippen molar-refractivity contribution in [1.82, 2.24) is 15.6 Å². The van der Waals surface area contributed by atoms with E-state index in [1.165, 1.54) is 18.3 Å². The minimum absolute atomic E-state index is 0.155. The van der Waals surface area contributed by atoms with Crippen LogP contribution in [0.5, 0.6) is 5.75 Å². The van der Waals surface area contributed by atoms with E-state index in [1.807, 2.05) is 6.92 Å². The average molecular weight is 305 g/mol. The van der Waals surface area contributed by atoms with Crippen molar-refractivity contribution >= 4 is 5.91 Å². The molecule has 1 heterocycles. The Bertz CT molecular complexity index is 453. The number of pyridine rings is 1. The number of alkyl halides is 3. The normalized spacial score (nSPS) is 11.2. The summed E-state index contributed by atoms with van der Waals surface area (Å²) in [6.45, 7) is 2.32. The Morgan fingerprint density at radius 3 is 2.76 bits per heavy atom. The zero-order chi connectivity index (χ0) is 15.7. The molecule has 21 heavy (non-hydrogen) atoms. The molecule has 0 aromatic carbocycles. The third-order valence-electron chi connectivity index (χ3n) is 2.39. The number of halogens is 3. The Kier molecular flexibility index (Phi) is 6.93. The van der Waals surface area contributed by atoms with Gasteiger partial charge in [0.05, 0.1) is 0 Å². The van der Waals surface area contributed by atoms with Gasteiger partial charge in [0.2, 0.25) is 0 Å². The van der Waals surface area contributed by atoms with E-state index in [-0.39, 0.29) is 11.4 Å². The van der Waals surface area contributed by atoms with Crippen molar-refractivity contribution in [3.8, 4) is 5.75 Å². The van der Waals surface area contributed by atoms with Gasteiger partial charge in [0, 0.05) is 19.3 Å². The van der Waals surface area contributed by atoms with Gasteiger partial charge in [0.1, 0.15) is 0 Å². The van der Waals surface area contributed by atoms with Crippen molar-refractivity contribution in [3.63, 3.8) is 0 Å². The maximum absolute atomic E-state index is 12.1. The lowest BCUT2D eigenvalue weighted by Gasteiger charge is -2.12. The number of carbonyl (C=O) groups is 1. The number of hydrogen-bond acceptors (Lipinski definition) is 4. The Morgan fingerprint density at radius 1 is 1.33 bits per heavy atom. The van der Waals surface area contributed by atoms with Gasteiger partial charge in [0.15, 0.2) is 18.1 Å². The Labute approximate surface area is 120 Å². The van der Waals surface area contributed by atoms with Crippen molar-refractivity contribution in [2.24, 2.45) is 0 Å². The molecule has 0 saturated carbocycles. The van der Waals surface area contributed by atoms with Crippen LogP contribution in [0.2, 0.25) is 0 Å². The maximum atomic E-state index is 12.1. The van der Waals surface area contributed by atoms with Gasteiger partial charge in [-0.3, -0.25) is 4.79 Å². The predicted octanol–water partition coefficient (Wildman–Crippen LogP) is 1.75. The molecule has 0 aliphatic heterocycles. The molecule has 1 aromatic rings. The third kappa shape index (κ3) is 6.94. The van der Waals surface area contributed by atoms with E-state index >= 15 is 0 Å². The van der Waals surface area contributed by atoms with Crippen LogP contribution in [0.25, 0.3) is 0 Å². The number of carbonyl (C=O) groups excluding carboxylic acids is 1. The molecule has 0 saturated heterocycles. The summed E-state index contributed by atoms with van der Waals surface area (Å²) in [5.74, 6) is -0.750. The molecule has 1 rings (SSSR count). The minimum atomic E-state index is -4.46. The van der Waals surface area contributed by atoms with Crippen molar-refractivity contribution in [2.45, 2.75) is 19.5 Å². The molecule has 0 atom stereocenters. The van der Waals surface area contributed by atoms with Crippen molar-refractivity contribution in [2.75, 3.05) is 26.2 Å². The highest BCUT2D eigenvalue weighted by Crippen LogP contribution is 2.20. The van der Waals surface area contributed by atoms with Gasteiger partial charge in [-0.05, 0) is 25.1 Å². The molecular weight excluding hydrogens is 287 g/mol. The topological polar surface area (TPSA) is 63.2 Å². The number of amides is 1. The number of ether oxygens (including phenoxy) is 1. The maximum Gasteiger partial charge on any atom is 0.422 e. The molecule has 0 spiro atoms. The van der Waals surface area contributed by atoms with Crippen molar-refractivity contribution in [1.29, 1.82) is 0 Å². The number of hydrogen-bond donors (Lipinski definition) is 2. The van der Waals surface area contributed by atoms with Gasteiger partial charge in [-0.15, -0.1) is 0 Å². The molecule has 0 aliphatic rings. The summed E-state index contributed by atoms with van der Waals surface area (Å²) in [7, 11) is 0. The fourth-order valence-corrected chi connectivity index (χ4v) is 1.49. The first-order valence-corrected chi connectivity index (χ1v) is 6.57. The van der Waals surface area contributed by atoms with Gasteiger partial charge >= 0.3 is 6.18 Å². The van der Waals surface area contributed by atoms with E-state index in [9.17, 15) is 18.0 Å². The molecule has 0 aliphatic carbocycles. The summed E-state index contributed by atoms with van der Waals surface area (Å²) in [6, 6.07) is 2.69. The monoisotopic (exact) mass is 305 g/mol. The molecule has 0 fully saturated rings. The summed E-state index contributed by atoms with van der Waals surface area (Å²) in [5, 5.41) is 5.66. The van der Waals surface area contributed by atoms with Crippen LogP contribution < -0.4 is 15.4 Å². The highest BCUT2D eigenvalue weighted by molar-refractivity contribution is 5.94. The molecule has 118 valence electrons. The number of rotatable bonds is 8. The van der Waals surface area contributed by atoms with Crippen LogP contribution in [0.15, 0.2) is 18.3 Å². The summed E-state index contributed by atoms with van der Waals surface area (Å²) < 4.78 is 41.0. The Balaban J connectivity index is 2.54. The smallest absolute Gasteiger partial charge is 0.422 e. The molecule has 0 unspecified atom stereocenters. The molecule has 5 nitrogen and oxygen atoms in total. The number of nitrogens with one attached hydrogen (secondary N) is 2. The lowest BCUT2D eigenvalue weighted by atomic mass is 10.3. The molecule has 1 aromatic heterocycles. The van der Waals surface area contributed by atoms with Gasteiger partial charge in [0.25, 0.3) is 5.91 Å². The van der Waals surface area contributed by atoms with E-state index in [0.717, 1.165) is 13.0 Å². The quantitative estimate of drug-likeness (QED) is 0.718. The van der Waals surface area contributed by atoms with E-state index in [0.29, 0.717) is 13.1 Å². The zero-order valence-electron chi connectivity index (χ0n) is 11.7. The third-order valence-corrected chi connectivity index (χ3v) is 2.39. The Morgan fingerprint density at radius 2 is 2.10 bits per heavy atom. The highest BCUT2D eigenvalue weighted by atomic mass is 19.4. The summed E-state index contributed by atoms with van der Waals surface area (Å²) in [6.07, 6.45) is -2.16. The first-order valence-electron chi connectivity index (χ1n) is 6.57. The Hall–Kier alpha value is -1.83. The second kappa shape index (κ2) is 8.46. The van der Waals surface area contributed by atoms with Crippen molar-refractivity contribution < 1.29 is 22.7 Å². The van der Waals surface area contributed by atoms with Crippen LogP contribution in [0.4, 0.5) is 13.2 Å². The van der Waals surface area contributed by atoms with E-state index in [1.54, 1.807) is 0 Å². The lowest BCUT2D eigenvalue weighted by molar-refractivity contribution is -0.153. The van der Waals surface area contributed by atoms with Crippen LogP contribution in [-0.4, -0.2) is 43.3 Å². The van der Waals surface area contributed by atoms with Crippen molar-refractivity contribution in [3.05, 3.63) is 24.0 Å². The zero-order valence-corrected chi connectivity index (χ0v) is 11.7. The van der Waals surface area contributed by atoms with E-state index in [4.69, 9.17) is 0 Å². The first kappa shape index (κ1) is 17.2. The largest absolute Gasteiger partial charge is 0.482 e. The van der Waals surface area contributed by atoms with Gasteiger partial charge < -0.3 is 15.4 Å². The van der Waals surface area contributed by atoms with Crippen LogP contribution in [-0.2, 0) is 0 Å². The number of nitrogens with zero attached hydrogens (tertiary/aromatic N) is 1. The second-order valence-corrected chi connectivity index (χ2v) is 4.26.